The minimum Gasteiger partial charge on any atom is -0.462 e. The Hall–Kier alpha value is -0.530. The summed E-state index contributed by atoms with van der Waals surface area (Å²) in [6.07, 6.45) is 0.940. The smallest absolute Gasteiger partial charge is 0.309 e. The number of carbonyl (C=O) groups excluding carboxylic acids is 1. The van der Waals surface area contributed by atoms with Gasteiger partial charge in [0.2, 0.25) is 0 Å². The summed E-state index contributed by atoms with van der Waals surface area (Å²) < 4.78 is 5.18. The van der Waals surface area contributed by atoms with Gasteiger partial charge < -0.3 is 4.74 Å². The van der Waals surface area contributed by atoms with Crippen LogP contribution >= 0.6 is 0 Å². The van der Waals surface area contributed by atoms with E-state index >= 15 is 0 Å². The molecule has 0 aromatic heterocycles. The first kappa shape index (κ1) is 11.5. The van der Waals surface area contributed by atoms with Gasteiger partial charge in [0.25, 0.3) is 0 Å². The lowest BCUT2D eigenvalue weighted by atomic mass is 9.98. The third kappa shape index (κ3) is 3.74. The second-order valence-corrected chi connectivity index (χ2v) is 3.69. The summed E-state index contributed by atoms with van der Waals surface area (Å²) in [4.78, 5) is 11.3. The van der Waals surface area contributed by atoms with Crippen molar-refractivity contribution in [2.75, 3.05) is 0 Å². The second-order valence-electron chi connectivity index (χ2n) is 3.69. The maximum Gasteiger partial charge on any atom is 0.309 e. The minimum atomic E-state index is -0.0700. The highest BCUT2D eigenvalue weighted by molar-refractivity contribution is 5.72. The number of hydrogen-bond donors (Lipinski definition) is 0. The quantitative estimate of drug-likeness (QED) is 0.609. The van der Waals surface area contributed by atoms with Crippen LogP contribution in [0.25, 0.3) is 0 Å². The predicted octanol–water partition coefficient (Wildman–Crippen LogP) is 2.62. The molecule has 0 aromatic carbocycles. The fourth-order valence-electron chi connectivity index (χ4n) is 0.661. The molecule has 0 rings (SSSR count). The molecular formula is C10H20O2. The van der Waals surface area contributed by atoms with Crippen molar-refractivity contribution in [3.63, 3.8) is 0 Å². The molecule has 2 atom stereocenters. The molecule has 12 heavy (non-hydrogen) atoms. The van der Waals surface area contributed by atoms with E-state index in [9.17, 15) is 4.79 Å². The zero-order valence-corrected chi connectivity index (χ0v) is 8.76. The van der Waals surface area contributed by atoms with Gasteiger partial charge in [0.05, 0.1) is 12.0 Å². The van der Waals surface area contributed by atoms with E-state index in [4.69, 9.17) is 4.74 Å². The van der Waals surface area contributed by atoms with E-state index in [0.717, 1.165) is 6.42 Å². The summed E-state index contributed by atoms with van der Waals surface area (Å²) in [7, 11) is 0. The molecule has 2 heteroatoms. The van der Waals surface area contributed by atoms with Crippen molar-refractivity contribution in [2.45, 2.75) is 47.1 Å². The van der Waals surface area contributed by atoms with Crippen molar-refractivity contribution in [1.29, 1.82) is 0 Å². The molecule has 0 spiro atoms. The maximum absolute atomic E-state index is 11.3. The first-order valence-corrected chi connectivity index (χ1v) is 4.69. The lowest BCUT2D eigenvalue weighted by Crippen LogP contribution is -2.23. The maximum atomic E-state index is 11.3. The normalized spacial score (nSPS) is 15.8. The van der Waals surface area contributed by atoms with Gasteiger partial charge in [0, 0.05) is 0 Å². The van der Waals surface area contributed by atoms with Crippen molar-refractivity contribution in [2.24, 2.45) is 11.8 Å². The van der Waals surface area contributed by atoms with Gasteiger partial charge in [-0.3, -0.25) is 4.79 Å². The molecule has 0 N–H and O–H groups in total. The van der Waals surface area contributed by atoms with Gasteiger partial charge in [0.15, 0.2) is 0 Å². The molecule has 0 aliphatic carbocycles. The van der Waals surface area contributed by atoms with Crippen LogP contribution in [0.5, 0.6) is 0 Å². The van der Waals surface area contributed by atoms with Crippen molar-refractivity contribution in [1.82, 2.24) is 0 Å². The molecule has 1 unspecified atom stereocenters. The fourth-order valence-corrected chi connectivity index (χ4v) is 0.661. The predicted molar refractivity (Wildman–Crippen MR) is 49.8 cm³/mol. The van der Waals surface area contributed by atoms with Gasteiger partial charge >= 0.3 is 5.97 Å². The molecule has 0 saturated carbocycles. The Bertz CT molecular complexity index is 141. The highest BCUT2D eigenvalue weighted by atomic mass is 16.5. The first-order valence-electron chi connectivity index (χ1n) is 4.69. The molecule has 0 saturated heterocycles. The molecule has 2 nitrogen and oxygen atoms in total. The lowest BCUT2D eigenvalue weighted by molar-refractivity contribution is -0.154. The van der Waals surface area contributed by atoms with Gasteiger partial charge in [-0.05, 0) is 19.3 Å². The molecule has 0 aliphatic heterocycles. The van der Waals surface area contributed by atoms with Crippen LogP contribution in [0.1, 0.15) is 41.0 Å². The number of hydrogen-bond acceptors (Lipinski definition) is 2. The largest absolute Gasteiger partial charge is 0.462 e. The SMILES string of the molecule is CC[C@@H](C)OC(=O)C(C)C(C)C. The fraction of sp³-hybridized carbons (Fsp3) is 0.900. The number of ether oxygens (including phenoxy) is 1. The zero-order chi connectivity index (χ0) is 9.72. The number of esters is 1. The van der Waals surface area contributed by atoms with Gasteiger partial charge in [-0.25, -0.2) is 0 Å². The van der Waals surface area contributed by atoms with Crippen LogP contribution < -0.4 is 0 Å². The monoisotopic (exact) mass is 172 g/mol. The van der Waals surface area contributed by atoms with E-state index < -0.39 is 0 Å². The van der Waals surface area contributed by atoms with Gasteiger partial charge in [-0.1, -0.05) is 27.7 Å². The third-order valence-electron chi connectivity index (χ3n) is 2.26. The van der Waals surface area contributed by atoms with E-state index in [1.165, 1.54) is 0 Å². The van der Waals surface area contributed by atoms with Crippen LogP contribution in [0.3, 0.4) is 0 Å². The Labute approximate surface area is 75.3 Å². The molecule has 0 amide bonds. The zero-order valence-electron chi connectivity index (χ0n) is 8.76. The van der Waals surface area contributed by atoms with Gasteiger partial charge in [-0.15, -0.1) is 0 Å². The molecule has 72 valence electrons. The average Bonchev–Trinajstić information content (AvgIpc) is 2.02. The summed E-state index contributed by atoms with van der Waals surface area (Å²) in [5.41, 5.74) is 0. The average molecular weight is 172 g/mol. The molecule has 0 fully saturated rings. The van der Waals surface area contributed by atoms with E-state index in [1.807, 2.05) is 34.6 Å². The topological polar surface area (TPSA) is 26.3 Å². The highest BCUT2D eigenvalue weighted by Gasteiger charge is 2.19. The Morgan fingerprint density at radius 2 is 1.75 bits per heavy atom. The Kier molecular flexibility index (Phi) is 4.95. The molecule has 0 radical (unpaired) electrons. The van der Waals surface area contributed by atoms with Crippen LogP contribution in [0.4, 0.5) is 0 Å². The molecule has 0 aromatic rings. The molecule has 0 aliphatic rings. The molecule has 0 bridgehead atoms. The first-order chi connectivity index (χ1) is 5.49. The van der Waals surface area contributed by atoms with Gasteiger partial charge in [0.1, 0.15) is 0 Å². The summed E-state index contributed by atoms with van der Waals surface area (Å²) in [5, 5.41) is 0. The lowest BCUT2D eigenvalue weighted by Gasteiger charge is -2.17. The number of rotatable bonds is 4. The van der Waals surface area contributed by atoms with E-state index in [-0.39, 0.29) is 18.0 Å². The van der Waals surface area contributed by atoms with E-state index in [2.05, 4.69) is 0 Å². The minimum absolute atomic E-state index is 0.0130. The third-order valence-corrected chi connectivity index (χ3v) is 2.26. The Morgan fingerprint density at radius 1 is 1.25 bits per heavy atom. The summed E-state index contributed by atoms with van der Waals surface area (Å²) in [5.74, 6) is 0.305. The highest BCUT2D eigenvalue weighted by Crippen LogP contribution is 2.13. The van der Waals surface area contributed by atoms with Crippen molar-refractivity contribution in [3.05, 3.63) is 0 Å². The van der Waals surface area contributed by atoms with E-state index in [0.29, 0.717) is 5.92 Å². The van der Waals surface area contributed by atoms with Crippen molar-refractivity contribution in [3.8, 4) is 0 Å². The van der Waals surface area contributed by atoms with Crippen molar-refractivity contribution >= 4 is 5.97 Å². The van der Waals surface area contributed by atoms with Crippen LogP contribution in [0, 0.1) is 11.8 Å². The summed E-state index contributed by atoms with van der Waals surface area (Å²) in [6, 6.07) is 0. The van der Waals surface area contributed by atoms with Crippen LogP contribution in [-0.2, 0) is 9.53 Å². The van der Waals surface area contributed by atoms with Crippen LogP contribution in [0.2, 0.25) is 0 Å². The van der Waals surface area contributed by atoms with Crippen LogP contribution in [-0.4, -0.2) is 12.1 Å². The molecule has 0 heterocycles. The summed E-state index contributed by atoms with van der Waals surface area (Å²) >= 11 is 0. The van der Waals surface area contributed by atoms with Crippen LogP contribution in [0.15, 0.2) is 0 Å². The number of carbonyl (C=O) groups is 1. The summed E-state index contributed by atoms with van der Waals surface area (Å²) in [6.45, 7) is 9.91. The Balaban J connectivity index is 3.87. The van der Waals surface area contributed by atoms with E-state index in [1.54, 1.807) is 0 Å². The van der Waals surface area contributed by atoms with Crippen molar-refractivity contribution < 1.29 is 9.53 Å². The standard InChI is InChI=1S/C10H20O2/c1-6-8(4)12-10(11)9(5)7(2)3/h7-9H,6H2,1-5H3/t8-,9?/m1/s1. The molecular weight excluding hydrogens is 152 g/mol. The Morgan fingerprint density at radius 3 is 2.08 bits per heavy atom. The second kappa shape index (κ2) is 5.18. The van der Waals surface area contributed by atoms with Gasteiger partial charge in [-0.2, -0.15) is 0 Å².